The number of para-hydroxylation sites is 2. The van der Waals surface area contributed by atoms with Crippen LogP contribution in [0.4, 0.5) is 0 Å². The van der Waals surface area contributed by atoms with E-state index in [2.05, 4.69) is 4.98 Å². The lowest BCUT2D eigenvalue weighted by atomic mass is 9.90. The zero-order chi connectivity index (χ0) is 19.0. The molecule has 3 aromatic rings. The predicted molar refractivity (Wildman–Crippen MR) is 105 cm³/mol. The minimum atomic E-state index is -0.280. The van der Waals surface area contributed by atoms with Gasteiger partial charge < -0.3 is 14.0 Å². The Morgan fingerprint density at radius 3 is 2.67 bits per heavy atom. The van der Waals surface area contributed by atoms with Gasteiger partial charge in [-0.1, -0.05) is 12.1 Å². The Labute approximate surface area is 158 Å². The Morgan fingerprint density at radius 2 is 1.93 bits per heavy atom. The summed E-state index contributed by atoms with van der Waals surface area (Å²) in [6, 6.07) is 11.3. The molecule has 1 atom stereocenters. The number of rotatable bonds is 3. The zero-order valence-corrected chi connectivity index (χ0v) is 15.7. The molecule has 0 aliphatic carbocycles. The zero-order valence-electron chi connectivity index (χ0n) is 15.7. The largest absolute Gasteiger partial charge is 0.341 e. The summed E-state index contributed by atoms with van der Waals surface area (Å²) in [5, 5.41) is 0. The molecule has 0 saturated carbocycles. The van der Waals surface area contributed by atoms with Crippen LogP contribution in [0, 0.1) is 0 Å². The van der Waals surface area contributed by atoms with Gasteiger partial charge in [0.05, 0.1) is 17.4 Å². The van der Waals surface area contributed by atoms with E-state index in [1.54, 1.807) is 24.0 Å². The maximum atomic E-state index is 13.0. The first-order chi connectivity index (χ1) is 13.0. The minimum Gasteiger partial charge on any atom is -0.341 e. The first-order valence-corrected chi connectivity index (χ1v) is 9.41. The van der Waals surface area contributed by atoms with E-state index in [-0.39, 0.29) is 17.5 Å². The molecule has 140 valence electrons. The average Bonchev–Trinajstić information content (AvgIpc) is 3.13. The maximum absolute atomic E-state index is 13.0. The standard InChI is InChI=1S/C21H24N4O2/c1-15(25-14-22-18-5-3-4-6-19(18)25)21(27)24-11-8-16(9-12-24)17-7-10-23(2)20(26)13-17/h3-7,10,13-16H,8-9,11-12H2,1-2H3. The molecule has 27 heavy (non-hydrogen) atoms. The van der Waals surface area contributed by atoms with Crippen molar-refractivity contribution in [3.63, 3.8) is 0 Å². The molecule has 6 nitrogen and oxygen atoms in total. The quantitative estimate of drug-likeness (QED) is 0.718. The van der Waals surface area contributed by atoms with Gasteiger partial charge in [0.25, 0.3) is 5.56 Å². The van der Waals surface area contributed by atoms with Crippen molar-refractivity contribution < 1.29 is 4.79 Å². The highest BCUT2D eigenvalue weighted by Crippen LogP contribution is 2.28. The Bertz CT molecular complexity index is 1030. The van der Waals surface area contributed by atoms with E-state index in [0.717, 1.165) is 42.5 Å². The van der Waals surface area contributed by atoms with Crippen molar-refractivity contribution in [1.82, 2.24) is 19.0 Å². The van der Waals surface area contributed by atoms with Crippen LogP contribution in [-0.2, 0) is 11.8 Å². The molecule has 0 bridgehead atoms. The number of carbonyl (C=O) groups excluding carboxylic acids is 1. The monoisotopic (exact) mass is 364 g/mol. The van der Waals surface area contributed by atoms with Gasteiger partial charge in [-0.2, -0.15) is 0 Å². The number of fused-ring (bicyclic) bond motifs is 1. The molecule has 1 unspecified atom stereocenters. The molecule has 1 amide bonds. The first-order valence-electron chi connectivity index (χ1n) is 9.41. The second kappa shape index (κ2) is 7.02. The van der Waals surface area contributed by atoms with Gasteiger partial charge in [-0.25, -0.2) is 4.98 Å². The molecular weight excluding hydrogens is 340 g/mol. The third kappa shape index (κ3) is 3.27. The van der Waals surface area contributed by atoms with E-state index in [9.17, 15) is 9.59 Å². The van der Waals surface area contributed by atoms with Gasteiger partial charge >= 0.3 is 0 Å². The van der Waals surface area contributed by atoms with Crippen LogP contribution < -0.4 is 5.56 Å². The van der Waals surface area contributed by atoms with Crippen molar-refractivity contribution in [1.29, 1.82) is 0 Å². The van der Waals surface area contributed by atoms with E-state index in [1.807, 2.05) is 52.9 Å². The molecule has 1 aliphatic heterocycles. The molecule has 6 heteroatoms. The fourth-order valence-electron chi connectivity index (χ4n) is 3.92. The lowest BCUT2D eigenvalue weighted by Gasteiger charge is -2.34. The Hall–Kier alpha value is -2.89. The van der Waals surface area contributed by atoms with E-state index in [0.29, 0.717) is 5.92 Å². The van der Waals surface area contributed by atoms with Crippen LogP contribution in [0.25, 0.3) is 11.0 Å². The van der Waals surface area contributed by atoms with Crippen LogP contribution in [0.5, 0.6) is 0 Å². The van der Waals surface area contributed by atoms with Gasteiger partial charge in [0.15, 0.2) is 0 Å². The number of likely N-dealkylation sites (tertiary alicyclic amines) is 1. The summed E-state index contributed by atoms with van der Waals surface area (Å²) in [7, 11) is 1.76. The van der Waals surface area contributed by atoms with Crippen LogP contribution in [0.15, 0.2) is 53.7 Å². The van der Waals surface area contributed by atoms with Crippen LogP contribution in [0.3, 0.4) is 0 Å². The number of amides is 1. The van der Waals surface area contributed by atoms with Crippen molar-refractivity contribution in [2.24, 2.45) is 7.05 Å². The number of imidazole rings is 1. The van der Waals surface area contributed by atoms with Gasteiger partial charge in [0.1, 0.15) is 6.04 Å². The minimum absolute atomic E-state index is 0.0200. The van der Waals surface area contributed by atoms with Crippen molar-refractivity contribution in [2.45, 2.75) is 31.7 Å². The average molecular weight is 364 g/mol. The number of carbonyl (C=O) groups is 1. The number of nitrogens with zero attached hydrogens (tertiary/aromatic N) is 4. The summed E-state index contributed by atoms with van der Waals surface area (Å²) in [6.07, 6.45) is 5.34. The van der Waals surface area contributed by atoms with Crippen LogP contribution in [0.1, 0.15) is 37.3 Å². The molecule has 1 saturated heterocycles. The summed E-state index contributed by atoms with van der Waals surface area (Å²) in [5.74, 6) is 0.466. The summed E-state index contributed by atoms with van der Waals surface area (Å²) in [6.45, 7) is 3.37. The van der Waals surface area contributed by atoms with E-state index >= 15 is 0 Å². The van der Waals surface area contributed by atoms with E-state index in [1.165, 1.54) is 0 Å². The van der Waals surface area contributed by atoms with Crippen LogP contribution in [0.2, 0.25) is 0 Å². The molecule has 1 aliphatic rings. The first kappa shape index (κ1) is 17.5. The summed E-state index contributed by atoms with van der Waals surface area (Å²) < 4.78 is 3.53. The molecule has 0 spiro atoms. The van der Waals surface area contributed by atoms with Crippen molar-refractivity contribution in [2.75, 3.05) is 13.1 Å². The number of piperidine rings is 1. The number of hydrogen-bond acceptors (Lipinski definition) is 3. The second-order valence-corrected chi connectivity index (χ2v) is 7.33. The number of aryl methyl sites for hydroxylation is 1. The lowest BCUT2D eigenvalue weighted by Crippen LogP contribution is -2.41. The topological polar surface area (TPSA) is 60.1 Å². The third-order valence-electron chi connectivity index (χ3n) is 5.66. The molecule has 4 rings (SSSR count). The Morgan fingerprint density at radius 1 is 1.19 bits per heavy atom. The molecule has 3 heterocycles. The summed E-state index contributed by atoms with van der Waals surface area (Å²) in [4.78, 5) is 31.2. The SMILES string of the molecule is CC(C(=O)N1CCC(c2ccn(C)c(=O)c2)CC1)n1cnc2ccccc21. The smallest absolute Gasteiger partial charge is 0.250 e. The maximum Gasteiger partial charge on any atom is 0.250 e. The second-order valence-electron chi connectivity index (χ2n) is 7.33. The molecule has 2 aromatic heterocycles. The highest BCUT2D eigenvalue weighted by molar-refractivity contribution is 5.83. The van der Waals surface area contributed by atoms with Gasteiger partial charge in [0, 0.05) is 32.4 Å². The van der Waals surface area contributed by atoms with Crippen LogP contribution >= 0.6 is 0 Å². The van der Waals surface area contributed by atoms with Crippen molar-refractivity contribution >= 4 is 16.9 Å². The van der Waals surface area contributed by atoms with E-state index in [4.69, 9.17) is 0 Å². The summed E-state index contributed by atoms with van der Waals surface area (Å²) in [5.41, 5.74) is 2.99. The highest BCUT2D eigenvalue weighted by atomic mass is 16.2. The van der Waals surface area contributed by atoms with Gasteiger partial charge in [-0.15, -0.1) is 0 Å². The lowest BCUT2D eigenvalue weighted by molar-refractivity contribution is -0.135. The molecule has 0 radical (unpaired) electrons. The number of aromatic nitrogens is 3. The Kier molecular flexibility index (Phi) is 4.56. The van der Waals surface area contributed by atoms with Gasteiger partial charge in [-0.05, 0) is 49.4 Å². The van der Waals surface area contributed by atoms with Crippen LogP contribution in [-0.4, -0.2) is 38.0 Å². The molecule has 1 aromatic carbocycles. The molecule has 1 fully saturated rings. The highest BCUT2D eigenvalue weighted by Gasteiger charge is 2.28. The van der Waals surface area contributed by atoms with E-state index < -0.39 is 0 Å². The number of pyridine rings is 1. The fourth-order valence-corrected chi connectivity index (χ4v) is 3.92. The molecule has 0 N–H and O–H groups in total. The summed E-state index contributed by atoms with van der Waals surface area (Å²) >= 11 is 0. The van der Waals surface area contributed by atoms with Gasteiger partial charge in [0.2, 0.25) is 5.91 Å². The predicted octanol–water partition coefficient (Wildman–Crippen LogP) is 2.70. The van der Waals surface area contributed by atoms with Crippen molar-refractivity contribution in [3.8, 4) is 0 Å². The fraction of sp³-hybridized carbons (Fsp3) is 0.381. The third-order valence-corrected chi connectivity index (χ3v) is 5.66. The van der Waals surface area contributed by atoms with Crippen molar-refractivity contribution in [3.05, 3.63) is 64.8 Å². The normalized spacial score (nSPS) is 16.6. The Balaban J connectivity index is 1.45. The number of hydrogen-bond donors (Lipinski definition) is 0. The van der Waals surface area contributed by atoms with Gasteiger partial charge in [-0.3, -0.25) is 9.59 Å². The molecular formula is C21H24N4O2. The number of benzene rings is 1.